The summed E-state index contributed by atoms with van der Waals surface area (Å²) in [5.74, 6) is -1.16. The summed E-state index contributed by atoms with van der Waals surface area (Å²) in [4.78, 5) is 2.06. The lowest BCUT2D eigenvalue weighted by Gasteiger charge is -2.41. The number of hydrogen-bond donors (Lipinski definition) is 0. The molecule has 1 aliphatic carbocycles. The van der Waals surface area contributed by atoms with Crippen LogP contribution in [0.2, 0.25) is 0 Å². The number of fused-ring (bicyclic) bond motifs is 1. The zero-order chi connectivity index (χ0) is 15.0. The van der Waals surface area contributed by atoms with Crippen LogP contribution in [0.1, 0.15) is 42.9 Å². The lowest BCUT2D eigenvalue weighted by molar-refractivity contribution is -0.189. The molecule has 0 spiro atoms. The lowest BCUT2D eigenvalue weighted by Crippen LogP contribution is -2.44. The van der Waals surface area contributed by atoms with Crippen molar-refractivity contribution in [3.63, 3.8) is 0 Å². The summed E-state index contributed by atoms with van der Waals surface area (Å²) in [7, 11) is 0. The van der Waals surface area contributed by atoms with Gasteiger partial charge in [-0.15, -0.1) is 0 Å². The van der Waals surface area contributed by atoms with E-state index in [0.717, 1.165) is 30.3 Å². The zero-order valence-electron chi connectivity index (χ0n) is 11.8. The van der Waals surface area contributed by atoms with Crippen LogP contribution in [-0.2, 0) is 6.42 Å². The number of likely N-dealkylation sites (tertiary alicyclic amines) is 1. The molecule has 2 unspecified atom stereocenters. The van der Waals surface area contributed by atoms with E-state index in [-0.39, 0.29) is 19.0 Å². The molecule has 1 nitrogen and oxygen atoms in total. The van der Waals surface area contributed by atoms with Crippen molar-refractivity contribution in [2.75, 3.05) is 13.1 Å². The third kappa shape index (κ3) is 3.29. The number of benzene rings is 1. The second-order valence-electron chi connectivity index (χ2n) is 6.13. The molecule has 0 saturated carbocycles. The number of nitrogens with zero attached hydrogens (tertiary/aromatic N) is 1. The minimum Gasteiger partial charge on any atom is -0.296 e. The molecule has 21 heavy (non-hydrogen) atoms. The fourth-order valence-corrected chi connectivity index (χ4v) is 4.10. The number of aryl methyl sites for hydroxylation is 1. The number of alkyl halides is 3. The maximum atomic E-state index is 13.0. The molecule has 1 aromatic carbocycles. The van der Waals surface area contributed by atoms with Gasteiger partial charge >= 0.3 is 6.18 Å². The molecule has 0 amide bonds. The summed E-state index contributed by atoms with van der Waals surface area (Å²) in [5.41, 5.74) is 2.52. The van der Waals surface area contributed by atoms with Crippen molar-refractivity contribution < 1.29 is 13.2 Å². The predicted molar refractivity (Wildman–Crippen MR) is 80.2 cm³/mol. The molecule has 1 fully saturated rings. The maximum Gasteiger partial charge on any atom is 0.393 e. The van der Waals surface area contributed by atoms with Crippen molar-refractivity contribution in [2.45, 2.75) is 44.3 Å². The highest BCUT2D eigenvalue weighted by molar-refractivity contribution is 9.10. The molecule has 0 bridgehead atoms. The summed E-state index contributed by atoms with van der Waals surface area (Å²) < 4.78 is 40.0. The van der Waals surface area contributed by atoms with Gasteiger partial charge in [-0.05, 0) is 61.9 Å². The van der Waals surface area contributed by atoms with Crippen LogP contribution in [0.15, 0.2) is 22.7 Å². The Balaban J connectivity index is 1.82. The Kier molecular flexibility index (Phi) is 4.33. The van der Waals surface area contributed by atoms with E-state index in [1.807, 2.05) is 6.07 Å². The van der Waals surface area contributed by atoms with Crippen LogP contribution in [0.25, 0.3) is 0 Å². The van der Waals surface area contributed by atoms with Gasteiger partial charge in [-0.3, -0.25) is 4.90 Å². The van der Waals surface area contributed by atoms with Crippen molar-refractivity contribution in [2.24, 2.45) is 5.92 Å². The minimum atomic E-state index is -4.06. The van der Waals surface area contributed by atoms with Gasteiger partial charge in [0, 0.05) is 17.1 Å². The molecule has 2 aliphatic rings. The van der Waals surface area contributed by atoms with E-state index in [1.165, 1.54) is 11.1 Å². The van der Waals surface area contributed by atoms with Gasteiger partial charge < -0.3 is 0 Å². The third-order valence-corrected chi connectivity index (χ3v) is 5.24. The van der Waals surface area contributed by atoms with Crippen LogP contribution in [0.5, 0.6) is 0 Å². The largest absolute Gasteiger partial charge is 0.393 e. The van der Waals surface area contributed by atoms with Gasteiger partial charge in [0.2, 0.25) is 0 Å². The topological polar surface area (TPSA) is 3.24 Å². The second-order valence-corrected chi connectivity index (χ2v) is 7.04. The Labute approximate surface area is 131 Å². The van der Waals surface area contributed by atoms with Crippen LogP contribution in [0.4, 0.5) is 13.2 Å². The molecule has 2 atom stereocenters. The Hall–Kier alpha value is -0.550. The van der Waals surface area contributed by atoms with Crippen LogP contribution in [0.3, 0.4) is 0 Å². The monoisotopic (exact) mass is 361 g/mol. The van der Waals surface area contributed by atoms with E-state index in [4.69, 9.17) is 0 Å². The quantitative estimate of drug-likeness (QED) is 0.672. The van der Waals surface area contributed by atoms with E-state index in [9.17, 15) is 13.2 Å². The molecule has 1 aliphatic heterocycles. The van der Waals surface area contributed by atoms with Gasteiger partial charge in [-0.2, -0.15) is 13.2 Å². The molecule has 0 N–H and O–H groups in total. The summed E-state index contributed by atoms with van der Waals surface area (Å²) in [6.07, 6.45) is -0.0787. The molecule has 116 valence electrons. The minimum absolute atomic E-state index is 0.156. The summed E-state index contributed by atoms with van der Waals surface area (Å²) in [6, 6.07) is 6.36. The Morgan fingerprint density at radius 3 is 2.71 bits per heavy atom. The predicted octanol–water partition coefficient (Wildman–Crippen LogP) is 5.10. The number of hydrogen-bond acceptors (Lipinski definition) is 1. The molecule has 5 heteroatoms. The van der Waals surface area contributed by atoms with Gasteiger partial charge in [-0.25, -0.2) is 0 Å². The van der Waals surface area contributed by atoms with Crippen LogP contribution in [0, 0.1) is 5.92 Å². The maximum absolute atomic E-state index is 13.0. The molecule has 3 rings (SSSR count). The molecular weight excluding hydrogens is 343 g/mol. The van der Waals surface area contributed by atoms with E-state index in [1.54, 1.807) is 0 Å². The number of halogens is 4. The highest BCUT2D eigenvalue weighted by Crippen LogP contribution is 2.40. The van der Waals surface area contributed by atoms with Gasteiger partial charge in [0.1, 0.15) is 0 Å². The number of piperidine rings is 1. The number of rotatable bonds is 1. The average Bonchev–Trinajstić information content (AvgIpc) is 2.45. The normalized spacial score (nSPS) is 27.4. The van der Waals surface area contributed by atoms with Crippen LogP contribution < -0.4 is 0 Å². The summed E-state index contributed by atoms with van der Waals surface area (Å²) in [5, 5.41) is 0. The van der Waals surface area contributed by atoms with E-state index >= 15 is 0 Å². The van der Waals surface area contributed by atoms with Crippen molar-refractivity contribution >= 4 is 15.9 Å². The first-order valence-corrected chi connectivity index (χ1v) is 8.33. The van der Waals surface area contributed by atoms with Crippen molar-refractivity contribution in [1.29, 1.82) is 0 Å². The first-order valence-electron chi connectivity index (χ1n) is 7.54. The first kappa shape index (κ1) is 15.3. The smallest absolute Gasteiger partial charge is 0.296 e. The van der Waals surface area contributed by atoms with Crippen molar-refractivity contribution in [3.8, 4) is 0 Å². The molecule has 1 heterocycles. The van der Waals surface area contributed by atoms with Crippen LogP contribution in [-0.4, -0.2) is 24.2 Å². The molecular formula is C16H19BrF3N. The first-order chi connectivity index (χ1) is 9.95. The van der Waals surface area contributed by atoms with Crippen LogP contribution >= 0.6 is 15.9 Å². The van der Waals surface area contributed by atoms with Gasteiger partial charge in [0.05, 0.1) is 5.92 Å². The zero-order valence-corrected chi connectivity index (χ0v) is 13.4. The molecule has 1 aromatic rings. The Bertz CT molecular complexity index is 515. The van der Waals surface area contributed by atoms with Gasteiger partial charge in [-0.1, -0.05) is 22.0 Å². The lowest BCUT2D eigenvalue weighted by atomic mass is 9.85. The van der Waals surface area contributed by atoms with Crippen molar-refractivity contribution in [3.05, 3.63) is 33.8 Å². The average molecular weight is 362 g/mol. The van der Waals surface area contributed by atoms with Gasteiger partial charge in [0.25, 0.3) is 0 Å². The fraction of sp³-hybridized carbons (Fsp3) is 0.625. The SMILES string of the molecule is FC(F)(F)C1CCCN(C2CCCc3cc(Br)ccc32)C1. The molecule has 0 radical (unpaired) electrons. The summed E-state index contributed by atoms with van der Waals surface area (Å²) in [6.45, 7) is 0.941. The third-order valence-electron chi connectivity index (χ3n) is 4.74. The van der Waals surface area contributed by atoms with Gasteiger partial charge in [0.15, 0.2) is 0 Å². The van der Waals surface area contributed by atoms with E-state index < -0.39 is 12.1 Å². The van der Waals surface area contributed by atoms with E-state index in [2.05, 4.69) is 33.0 Å². The van der Waals surface area contributed by atoms with Crippen molar-refractivity contribution in [1.82, 2.24) is 4.90 Å². The highest BCUT2D eigenvalue weighted by Gasteiger charge is 2.43. The highest BCUT2D eigenvalue weighted by atomic mass is 79.9. The fourth-order valence-electron chi connectivity index (χ4n) is 3.69. The Morgan fingerprint density at radius 1 is 1.14 bits per heavy atom. The molecule has 1 saturated heterocycles. The Morgan fingerprint density at radius 2 is 1.95 bits per heavy atom. The second kappa shape index (κ2) is 5.92. The molecule has 0 aromatic heterocycles. The van der Waals surface area contributed by atoms with E-state index in [0.29, 0.717) is 6.42 Å². The summed E-state index contributed by atoms with van der Waals surface area (Å²) >= 11 is 3.48. The standard InChI is InChI=1S/C16H19BrF3N/c17-13-6-7-14-11(9-13)3-1-5-15(14)21-8-2-4-12(10-21)16(18,19)20/h6-7,9,12,15H,1-5,8,10H2.